The molecule has 1 unspecified atom stereocenters. The molecule has 1 amide bonds. The molecule has 156 valence electrons. The van der Waals surface area contributed by atoms with Gasteiger partial charge in [0.1, 0.15) is 24.4 Å². The first kappa shape index (κ1) is 20.2. The third kappa shape index (κ3) is 3.96. The Kier molecular flexibility index (Phi) is 5.60. The molecule has 4 rings (SSSR count). The van der Waals surface area contributed by atoms with Crippen molar-refractivity contribution in [2.75, 3.05) is 11.9 Å². The van der Waals surface area contributed by atoms with E-state index in [-0.39, 0.29) is 22.8 Å². The molecule has 1 N–H and O–H groups in total. The van der Waals surface area contributed by atoms with Crippen LogP contribution in [0.3, 0.4) is 0 Å². The largest absolute Gasteiger partial charge is 0.325 e. The lowest BCUT2D eigenvalue weighted by Crippen LogP contribution is -2.49. The zero-order chi connectivity index (χ0) is 21.1. The summed E-state index contributed by atoms with van der Waals surface area (Å²) in [6, 6.07) is 11.4. The molecular formula is C20H20FN5O3S. The monoisotopic (exact) mass is 429 g/mol. The van der Waals surface area contributed by atoms with Crippen LogP contribution in [-0.4, -0.2) is 46.0 Å². The van der Waals surface area contributed by atoms with Crippen LogP contribution >= 0.6 is 0 Å². The number of piperidine rings is 1. The van der Waals surface area contributed by atoms with Gasteiger partial charge in [-0.2, -0.15) is 9.40 Å². The topological polar surface area (TPSA) is 97.2 Å². The van der Waals surface area contributed by atoms with E-state index < -0.39 is 27.8 Å². The first-order chi connectivity index (χ1) is 14.5. The fourth-order valence-corrected chi connectivity index (χ4v) is 5.19. The van der Waals surface area contributed by atoms with Crippen molar-refractivity contribution < 1.29 is 17.6 Å². The number of halogens is 1. The predicted octanol–water partition coefficient (Wildman–Crippen LogP) is 2.59. The van der Waals surface area contributed by atoms with E-state index in [1.165, 1.54) is 52.0 Å². The van der Waals surface area contributed by atoms with E-state index in [1.807, 2.05) is 0 Å². The Hall–Kier alpha value is -3.11. The van der Waals surface area contributed by atoms with Crippen molar-refractivity contribution in [2.45, 2.75) is 30.2 Å². The fourth-order valence-electron chi connectivity index (χ4n) is 3.51. The van der Waals surface area contributed by atoms with Gasteiger partial charge in [-0.05, 0) is 43.2 Å². The van der Waals surface area contributed by atoms with Gasteiger partial charge < -0.3 is 5.32 Å². The molecule has 30 heavy (non-hydrogen) atoms. The Bertz CT molecular complexity index is 1140. The number of benzene rings is 2. The number of amides is 1. The molecule has 8 nitrogen and oxygen atoms in total. The van der Waals surface area contributed by atoms with Crippen LogP contribution in [0.2, 0.25) is 0 Å². The molecule has 0 saturated carbocycles. The maximum atomic E-state index is 14.4. The number of carbonyl (C=O) groups is 1. The van der Waals surface area contributed by atoms with Gasteiger partial charge in [-0.25, -0.2) is 22.5 Å². The zero-order valence-electron chi connectivity index (χ0n) is 16.0. The number of anilines is 1. The van der Waals surface area contributed by atoms with E-state index in [0.717, 1.165) is 6.42 Å². The molecule has 0 aliphatic carbocycles. The van der Waals surface area contributed by atoms with Crippen LogP contribution in [0.5, 0.6) is 0 Å². The first-order valence-corrected chi connectivity index (χ1v) is 10.9. The van der Waals surface area contributed by atoms with Crippen molar-refractivity contribution in [1.82, 2.24) is 19.1 Å². The summed E-state index contributed by atoms with van der Waals surface area (Å²) in [6.07, 6.45) is 4.47. The number of rotatable bonds is 5. The van der Waals surface area contributed by atoms with E-state index in [4.69, 9.17) is 0 Å². The molecule has 2 heterocycles. The summed E-state index contributed by atoms with van der Waals surface area (Å²) in [5, 5.41) is 6.53. The van der Waals surface area contributed by atoms with Gasteiger partial charge in [0.15, 0.2) is 5.82 Å². The highest BCUT2D eigenvalue weighted by Crippen LogP contribution is 2.26. The Morgan fingerprint density at radius 1 is 1.13 bits per heavy atom. The smallest absolute Gasteiger partial charge is 0.243 e. The van der Waals surface area contributed by atoms with Crippen molar-refractivity contribution in [3.05, 3.63) is 67.0 Å². The number of sulfonamides is 1. The molecule has 1 fully saturated rings. The van der Waals surface area contributed by atoms with Crippen LogP contribution in [-0.2, 0) is 14.8 Å². The molecule has 0 bridgehead atoms. The second-order valence-corrected chi connectivity index (χ2v) is 8.83. The molecule has 3 aromatic rings. The molecule has 0 spiro atoms. The van der Waals surface area contributed by atoms with Gasteiger partial charge in [0.25, 0.3) is 0 Å². The molecule has 10 heteroatoms. The van der Waals surface area contributed by atoms with Gasteiger partial charge in [-0.3, -0.25) is 4.79 Å². The summed E-state index contributed by atoms with van der Waals surface area (Å²) in [5.41, 5.74) is 0.431. The average molecular weight is 429 g/mol. The van der Waals surface area contributed by atoms with Gasteiger partial charge in [0.2, 0.25) is 15.9 Å². The van der Waals surface area contributed by atoms with Crippen molar-refractivity contribution in [3.8, 4) is 5.69 Å². The number of carbonyl (C=O) groups excluding carboxylic acids is 1. The average Bonchev–Trinajstić information content (AvgIpc) is 3.29. The van der Waals surface area contributed by atoms with Crippen LogP contribution in [0.15, 0.2) is 66.1 Å². The summed E-state index contributed by atoms with van der Waals surface area (Å²) >= 11 is 0. The van der Waals surface area contributed by atoms with Crippen molar-refractivity contribution >= 4 is 21.6 Å². The normalized spacial score (nSPS) is 17.6. The second-order valence-electron chi connectivity index (χ2n) is 6.94. The number of hydrogen-bond acceptors (Lipinski definition) is 5. The Morgan fingerprint density at radius 2 is 1.93 bits per heavy atom. The summed E-state index contributed by atoms with van der Waals surface area (Å²) in [7, 11) is -3.81. The van der Waals surface area contributed by atoms with Crippen LogP contribution in [0.1, 0.15) is 19.3 Å². The van der Waals surface area contributed by atoms with Gasteiger partial charge >= 0.3 is 0 Å². The molecule has 1 aliphatic rings. The van der Waals surface area contributed by atoms with Gasteiger partial charge in [0.05, 0.1) is 4.90 Å². The number of hydrogen-bond donors (Lipinski definition) is 1. The number of nitrogens with one attached hydrogen (secondary N) is 1. The highest BCUT2D eigenvalue weighted by molar-refractivity contribution is 7.89. The standard InChI is InChI=1S/C20H20FN5O3S/c21-17-12-15(9-10-18(17)25-14-22-13-23-25)24-20(27)19-8-4-5-11-26(19)30(28,29)16-6-2-1-3-7-16/h1-3,6-7,9-10,12-14,19H,4-5,8,11H2,(H,24,27). The minimum absolute atomic E-state index is 0.146. The summed E-state index contributed by atoms with van der Waals surface area (Å²) in [4.78, 5) is 16.8. The van der Waals surface area contributed by atoms with E-state index in [9.17, 15) is 17.6 Å². The Morgan fingerprint density at radius 3 is 2.63 bits per heavy atom. The molecule has 1 aliphatic heterocycles. The minimum Gasteiger partial charge on any atom is -0.325 e. The van der Waals surface area contributed by atoms with Crippen LogP contribution in [0, 0.1) is 5.82 Å². The lowest BCUT2D eigenvalue weighted by molar-refractivity contribution is -0.120. The highest BCUT2D eigenvalue weighted by Gasteiger charge is 2.37. The van der Waals surface area contributed by atoms with Gasteiger partial charge in [-0.1, -0.05) is 24.6 Å². The summed E-state index contributed by atoms with van der Waals surface area (Å²) in [5.74, 6) is -1.07. The summed E-state index contributed by atoms with van der Waals surface area (Å²) < 4.78 is 43.1. The van der Waals surface area contributed by atoms with Gasteiger partial charge in [0, 0.05) is 12.2 Å². The molecule has 1 saturated heterocycles. The first-order valence-electron chi connectivity index (χ1n) is 9.49. The van der Waals surface area contributed by atoms with Crippen LogP contribution in [0.25, 0.3) is 5.69 Å². The summed E-state index contributed by atoms with van der Waals surface area (Å²) in [6.45, 7) is 0.259. The van der Waals surface area contributed by atoms with E-state index in [2.05, 4.69) is 15.4 Å². The number of aromatic nitrogens is 3. The van der Waals surface area contributed by atoms with Gasteiger partial charge in [-0.15, -0.1) is 0 Å². The Labute approximate surface area is 173 Å². The molecular weight excluding hydrogens is 409 g/mol. The third-order valence-corrected chi connectivity index (χ3v) is 6.91. The van der Waals surface area contributed by atoms with Crippen LogP contribution in [0.4, 0.5) is 10.1 Å². The minimum atomic E-state index is -3.81. The molecule has 0 radical (unpaired) electrons. The van der Waals surface area contributed by atoms with Crippen molar-refractivity contribution in [3.63, 3.8) is 0 Å². The molecule has 2 aromatic carbocycles. The maximum absolute atomic E-state index is 14.4. The zero-order valence-corrected chi connectivity index (χ0v) is 16.8. The van der Waals surface area contributed by atoms with E-state index >= 15 is 0 Å². The third-order valence-electron chi connectivity index (χ3n) is 4.99. The number of nitrogens with zero attached hydrogens (tertiary/aromatic N) is 4. The molecule has 1 atom stereocenters. The Balaban J connectivity index is 1.55. The van der Waals surface area contributed by atoms with Crippen LogP contribution < -0.4 is 5.32 Å². The predicted molar refractivity (Wildman–Crippen MR) is 108 cm³/mol. The lowest BCUT2D eigenvalue weighted by Gasteiger charge is -2.33. The second kappa shape index (κ2) is 8.33. The van der Waals surface area contributed by atoms with Crippen molar-refractivity contribution in [2.24, 2.45) is 0 Å². The maximum Gasteiger partial charge on any atom is 0.243 e. The van der Waals surface area contributed by atoms with E-state index in [1.54, 1.807) is 18.2 Å². The SMILES string of the molecule is O=C(Nc1ccc(-n2cncn2)c(F)c1)C1CCCCN1S(=O)(=O)c1ccccc1. The quantitative estimate of drug-likeness (QED) is 0.672. The highest BCUT2D eigenvalue weighted by atomic mass is 32.2. The van der Waals surface area contributed by atoms with Crippen molar-refractivity contribution in [1.29, 1.82) is 0 Å². The molecule has 1 aromatic heterocycles. The fraction of sp³-hybridized carbons (Fsp3) is 0.250. The lowest BCUT2D eigenvalue weighted by atomic mass is 10.0. The van der Waals surface area contributed by atoms with E-state index in [0.29, 0.717) is 12.8 Å².